The lowest BCUT2D eigenvalue weighted by Gasteiger charge is -2.22. The van der Waals surface area contributed by atoms with Crippen molar-refractivity contribution >= 4 is 49.7 Å². The van der Waals surface area contributed by atoms with E-state index in [-0.39, 0.29) is 11.1 Å². The van der Waals surface area contributed by atoms with E-state index in [2.05, 4.69) is 20.8 Å². The highest BCUT2D eigenvalue weighted by Crippen LogP contribution is 2.37. The quantitative estimate of drug-likeness (QED) is 0.280. The summed E-state index contributed by atoms with van der Waals surface area (Å²) in [5, 5.41) is 7.51. The minimum atomic E-state index is -3.56. The van der Waals surface area contributed by atoms with E-state index in [0.717, 1.165) is 16.8 Å². The van der Waals surface area contributed by atoms with Crippen molar-refractivity contribution in [1.29, 1.82) is 0 Å². The fourth-order valence-electron chi connectivity index (χ4n) is 3.57. The molecule has 0 bridgehead atoms. The summed E-state index contributed by atoms with van der Waals surface area (Å²) in [6, 6.07) is 20.0. The highest BCUT2D eigenvalue weighted by molar-refractivity contribution is 8.02. The predicted molar refractivity (Wildman–Crippen MR) is 141 cm³/mol. The van der Waals surface area contributed by atoms with Crippen LogP contribution in [0, 0.1) is 0 Å². The second kappa shape index (κ2) is 11.4. The molecule has 0 radical (unpaired) electrons. The van der Waals surface area contributed by atoms with Crippen molar-refractivity contribution < 1.29 is 16.8 Å². The lowest BCUT2D eigenvalue weighted by molar-refractivity contribution is 0.554. The first kappa shape index (κ1) is 24.8. The summed E-state index contributed by atoms with van der Waals surface area (Å²) in [7, 11) is -6.30. The number of thiophene rings is 1. The maximum atomic E-state index is 13.0. The SMILES string of the molecule is O=[SH](=O)Nc1ccc(C[C@H](NS(=O)(=O)CCc2ccccc2)C2=CSC(c3cccs3)N2)cc1. The number of thiol groups is 1. The van der Waals surface area contributed by atoms with Gasteiger partial charge in [0.15, 0.2) is 0 Å². The number of hydrogen-bond donors (Lipinski definition) is 4. The standard InChI is InChI=1S/C23H25N3O4S4/c27-33(28)25-19-10-8-18(9-11-19)15-20(21-16-32-23(24-21)22-7-4-13-31-22)26-34(29,30)14-12-17-5-2-1-3-6-17/h1-11,13,16,20,23-24,26,33H,12,14-15H2,(H,25,27,28)/t20-,23?/m0/s1. The van der Waals surface area contributed by atoms with Crippen LogP contribution >= 0.6 is 23.1 Å². The van der Waals surface area contributed by atoms with Crippen molar-refractivity contribution in [2.24, 2.45) is 0 Å². The number of rotatable bonds is 11. The van der Waals surface area contributed by atoms with Gasteiger partial charge in [-0.3, -0.25) is 4.72 Å². The van der Waals surface area contributed by atoms with Crippen LogP contribution in [0.1, 0.15) is 21.4 Å². The first-order valence-corrected chi connectivity index (χ1v) is 15.2. The Morgan fingerprint density at radius 3 is 2.41 bits per heavy atom. The molecule has 2 aromatic carbocycles. The van der Waals surface area contributed by atoms with Crippen molar-refractivity contribution in [3.05, 3.63) is 99.2 Å². The van der Waals surface area contributed by atoms with Gasteiger partial charge in [-0.05, 0) is 53.0 Å². The Hall–Kier alpha value is -2.31. The third-order valence-corrected chi connectivity index (χ3v) is 9.19. The van der Waals surface area contributed by atoms with Gasteiger partial charge in [0.1, 0.15) is 5.37 Å². The van der Waals surface area contributed by atoms with E-state index in [9.17, 15) is 16.8 Å². The van der Waals surface area contributed by atoms with Crippen LogP contribution in [0.4, 0.5) is 5.69 Å². The van der Waals surface area contributed by atoms with Crippen LogP contribution in [0.5, 0.6) is 0 Å². The molecule has 1 aromatic heterocycles. The van der Waals surface area contributed by atoms with Crippen molar-refractivity contribution in [2.45, 2.75) is 24.3 Å². The maximum Gasteiger partial charge on any atom is 0.222 e. The van der Waals surface area contributed by atoms with Gasteiger partial charge in [0.25, 0.3) is 0 Å². The summed E-state index contributed by atoms with van der Waals surface area (Å²) in [4.78, 5) is 1.17. The van der Waals surface area contributed by atoms with Gasteiger partial charge in [0.2, 0.25) is 20.9 Å². The summed E-state index contributed by atoms with van der Waals surface area (Å²) < 4.78 is 53.0. The number of benzene rings is 2. The van der Waals surface area contributed by atoms with Crippen molar-refractivity contribution in [1.82, 2.24) is 10.0 Å². The lowest BCUT2D eigenvalue weighted by atomic mass is 10.0. The summed E-state index contributed by atoms with van der Waals surface area (Å²) in [6.45, 7) is 0. The van der Waals surface area contributed by atoms with Crippen LogP contribution < -0.4 is 14.8 Å². The molecule has 1 aliphatic heterocycles. The zero-order valence-corrected chi connectivity index (χ0v) is 21.4. The van der Waals surface area contributed by atoms with Crippen molar-refractivity contribution in [2.75, 3.05) is 10.5 Å². The van der Waals surface area contributed by atoms with E-state index >= 15 is 0 Å². The second-order valence-electron chi connectivity index (χ2n) is 7.74. The first-order valence-electron chi connectivity index (χ1n) is 10.6. The van der Waals surface area contributed by atoms with Crippen LogP contribution in [0.3, 0.4) is 0 Å². The van der Waals surface area contributed by atoms with E-state index in [0.29, 0.717) is 18.5 Å². The highest BCUT2D eigenvalue weighted by atomic mass is 32.2. The van der Waals surface area contributed by atoms with Crippen LogP contribution in [-0.2, 0) is 33.8 Å². The Bertz CT molecular complexity index is 1280. The van der Waals surface area contributed by atoms with Crippen LogP contribution in [0.15, 0.2) is 83.2 Å². The molecule has 2 heterocycles. The molecule has 0 saturated heterocycles. The number of aryl methyl sites for hydroxylation is 1. The lowest BCUT2D eigenvalue weighted by Crippen LogP contribution is -2.42. The fraction of sp³-hybridized carbons (Fsp3) is 0.217. The van der Waals surface area contributed by atoms with Gasteiger partial charge in [-0.1, -0.05) is 48.5 Å². The molecule has 0 saturated carbocycles. The average Bonchev–Trinajstić information content (AvgIpc) is 3.51. The molecule has 34 heavy (non-hydrogen) atoms. The molecule has 4 rings (SSSR count). The van der Waals surface area contributed by atoms with Crippen LogP contribution in [-0.4, -0.2) is 28.6 Å². The summed E-state index contributed by atoms with van der Waals surface area (Å²) in [5.74, 6) is -0.0122. The first-order chi connectivity index (χ1) is 16.4. The zero-order valence-electron chi connectivity index (χ0n) is 18.1. The predicted octanol–water partition coefficient (Wildman–Crippen LogP) is 3.64. The maximum absolute atomic E-state index is 13.0. The van der Waals surface area contributed by atoms with Gasteiger partial charge in [0, 0.05) is 16.3 Å². The summed E-state index contributed by atoms with van der Waals surface area (Å²) >= 11 is 3.27. The van der Waals surface area contributed by atoms with E-state index in [1.165, 1.54) is 4.88 Å². The molecule has 3 aromatic rings. The van der Waals surface area contributed by atoms with E-state index in [4.69, 9.17) is 0 Å². The number of anilines is 1. The highest BCUT2D eigenvalue weighted by Gasteiger charge is 2.28. The molecule has 0 spiro atoms. The zero-order chi connectivity index (χ0) is 24.0. The van der Waals surface area contributed by atoms with Crippen molar-refractivity contribution in [3.63, 3.8) is 0 Å². The third-order valence-electron chi connectivity index (χ3n) is 5.24. The molecule has 0 amide bonds. The average molecular weight is 536 g/mol. The van der Waals surface area contributed by atoms with Crippen LogP contribution in [0.2, 0.25) is 0 Å². The Morgan fingerprint density at radius 1 is 0.971 bits per heavy atom. The smallest absolute Gasteiger partial charge is 0.222 e. The Morgan fingerprint density at radius 2 is 1.74 bits per heavy atom. The summed E-state index contributed by atoms with van der Waals surface area (Å²) in [5.41, 5.74) is 3.13. The van der Waals surface area contributed by atoms with Gasteiger partial charge < -0.3 is 5.32 Å². The van der Waals surface area contributed by atoms with Gasteiger partial charge in [-0.15, -0.1) is 23.1 Å². The van der Waals surface area contributed by atoms with Crippen LogP contribution in [0.25, 0.3) is 0 Å². The number of sulfonamides is 1. The van der Waals surface area contributed by atoms with Gasteiger partial charge in [-0.25, -0.2) is 21.6 Å². The number of thioether (sulfide) groups is 1. The minimum absolute atomic E-state index is 0.0122. The number of hydrogen-bond acceptors (Lipinski definition) is 7. The van der Waals surface area contributed by atoms with Gasteiger partial charge in [0.05, 0.1) is 11.8 Å². The molecule has 11 heteroatoms. The largest absolute Gasteiger partial charge is 0.370 e. The molecule has 2 atom stereocenters. The fourth-order valence-corrected chi connectivity index (χ4v) is 7.11. The molecule has 3 N–H and O–H groups in total. The topological polar surface area (TPSA) is 104 Å². The molecule has 0 aliphatic carbocycles. The molecule has 0 fully saturated rings. The number of nitrogens with one attached hydrogen (secondary N) is 3. The van der Waals surface area contributed by atoms with Gasteiger partial charge in [-0.2, -0.15) is 0 Å². The Balaban J connectivity index is 1.49. The van der Waals surface area contributed by atoms with E-state index in [1.807, 2.05) is 47.2 Å². The molecular weight excluding hydrogens is 511 g/mol. The monoisotopic (exact) mass is 535 g/mol. The third kappa shape index (κ3) is 7.09. The molecular formula is C23H25N3O4S4. The van der Waals surface area contributed by atoms with Crippen molar-refractivity contribution in [3.8, 4) is 0 Å². The Kier molecular flexibility index (Phi) is 8.32. The van der Waals surface area contributed by atoms with E-state index < -0.39 is 27.0 Å². The molecule has 7 nitrogen and oxygen atoms in total. The molecule has 180 valence electrons. The minimum Gasteiger partial charge on any atom is -0.370 e. The normalized spacial score (nSPS) is 16.7. The van der Waals surface area contributed by atoms with E-state index in [1.54, 1.807) is 47.4 Å². The second-order valence-corrected chi connectivity index (χ2v) is 12.3. The molecule has 1 aliphatic rings. The Labute approximate surface area is 209 Å². The molecule has 1 unspecified atom stereocenters. The van der Waals surface area contributed by atoms with Gasteiger partial charge >= 0.3 is 0 Å². The summed E-state index contributed by atoms with van der Waals surface area (Å²) in [6.07, 6.45) is 0.848.